The Morgan fingerprint density at radius 3 is 2.20 bits per heavy atom. The minimum Gasteiger partial charge on any atom is -0.480 e. The number of amides is 1. The highest BCUT2D eigenvalue weighted by molar-refractivity contribution is 5.84. The number of carboxylic acid groups (broad SMARTS) is 1. The van der Waals surface area contributed by atoms with Gasteiger partial charge in [-0.2, -0.15) is 0 Å². The van der Waals surface area contributed by atoms with E-state index in [1.807, 2.05) is 24.3 Å². The van der Waals surface area contributed by atoms with E-state index in [0.29, 0.717) is 6.42 Å². The summed E-state index contributed by atoms with van der Waals surface area (Å²) in [5.74, 6) is -1.61. The molecule has 0 aliphatic heterocycles. The molecule has 1 aromatic rings. The molecule has 0 unspecified atom stereocenters. The van der Waals surface area contributed by atoms with E-state index < -0.39 is 18.1 Å². The van der Waals surface area contributed by atoms with Gasteiger partial charge in [0.05, 0.1) is 6.10 Å². The van der Waals surface area contributed by atoms with Crippen molar-refractivity contribution in [1.82, 2.24) is 5.32 Å². The maximum absolute atomic E-state index is 11.7. The minimum absolute atomic E-state index is 0.196. The molecule has 110 valence electrons. The van der Waals surface area contributed by atoms with E-state index in [2.05, 4.69) is 12.2 Å². The van der Waals surface area contributed by atoms with Crippen LogP contribution in [-0.2, 0) is 22.4 Å². The normalized spacial score (nSPS) is 13.6. The number of aliphatic carboxylic acids is 1. The maximum atomic E-state index is 11.7. The van der Waals surface area contributed by atoms with E-state index in [9.17, 15) is 14.7 Å². The van der Waals surface area contributed by atoms with Gasteiger partial charge in [-0.3, -0.25) is 4.79 Å². The van der Waals surface area contributed by atoms with Crippen molar-refractivity contribution in [3.05, 3.63) is 35.4 Å². The van der Waals surface area contributed by atoms with E-state index in [-0.39, 0.29) is 12.3 Å². The fourth-order valence-corrected chi connectivity index (χ4v) is 1.83. The van der Waals surface area contributed by atoms with Gasteiger partial charge in [-0.25, -0.2) is 4.79 Å². The number of carbonyl (C=O) groups excluding carboxylic acids is 1. The summed E-state index contributed by atoms with van der Waals surface area (Å²) in [7, 11) is 0. The van der Waals surface area contributed by atoms with Crippen LogP contribution in [0, 0.1) is 0 Å². The Hall–Kier alpha value is -1.88. The molecular weight excluding hydrogens is 258 g/mol. The third-order valence-corrected chi connectivity index (χ3v) is 3.14. The van der Waals surface area contributed by atoms with Crippen molar-refractivity contribution < 1.29 is 19.8 Å². The lowest BCUT2D eigenvalue weighted by atomic mass is 10.1. The number of hydrogen-bond acceptors (Lipinski definition) is 3. The largest absolute Gasteiger partial charge is 0.480 e. The average Bonchev–Trinajstić information content (AvgIpc) is 2.42. The van der Waals surface area contributed by atoms with Gasteiger partial charge in [0.2, 0.25) is 5.91 Å². The fourth-order valence-electron chi connectivity index (χ4n) is 1.83. The third-order valence-electron chi connectivity index (χ3n) is 3.14. The molecule has 5 heteroatoms. The Bertz CT molecular complexity index is 453. The van der Waals surface area contributed by atoms with Crippen LogP contribution in [-0.4, -0.2) is 34.2 Å². The van der Waals surface area contributed by atoms with Crippen LogP contribution in [0.2, 0.25) is 0 Å². The molecule has 3 N–H and O–H groups in total. The van der Waals surface area contributed by atoms with Gasteiger partial charge < -0.3 is 15.5 Å². The smallest absolute Gasteiger partial charge is 0.328 e. The van der Waals surface area contributed by atoms with E-state index in [1.54, 1.807) is 0 Å². The first-order valence-electron chi connectivity index (χ1n) is 6.72. The SMILES string of the molecule is CCc1ccc(CCC(=O)N[C@H](C(=O)O)[C@@H](C)O)cc1. The average molecular weight is 279 g/mol. The molecule has 0 aliphatic rings. The second-order valence-electron chi connectivity index (χ2n) is 4.79. The predicted molar refractivity (Wildman–Crippen MR) is 75.4 cm³/mol. The van der Waals surface area contributed by atoms with E-state index in [4.69, 9.17) is 5.11 Å². The molecule has 0 heterocycles. The van der Waals surface area contributed by atoms with Crippen molar-refractivity contribution in [3.8, 4) is 0 Å². The highest BCUT2D eigenvalue weighted by Gasteiger charge is 2.24. The summed E-state index contributed by atoms with van der Waals surface area (Å²) in [5.41, 5.74) is 2.26. The van der Waals surface area contributed by atoms with Crippen LogP contribution >= 0.6 is 0 Å². The van der Waals surface area contributed by atoms with Crippen molar-refractivity contribution in [3.63, 3.8) is 0 Å². The second kappa shape index (κ2) is 7.65. The fraction of sp³-hybridized carbons (Fsp3) is 0.467. The summed E-state index contributed by atoms with van der Waals surface area (Å²) in [4.78, 5) is 22.5. The number of carbonyl (C=O) groups is 2. The molecule has 20 heavy (non-hydrogen) atoms. The summed E-state index contributed by atoms with van der Waals surface area (Å²) >= 11 is 0. The van der Waals surface area contributed by atoms with Gasteiger partial charge in [0.15, 0.2) is 6.04 Å². The Morgan fingerprint density at radius 2 is 1.75 bits per heavy atom. The van der Waals surface area contributed by atoms with Crippen LogP contribution in [0.25, 0.3) is 0 Å². The van der Waals surface area contributed by atoms with Gasteiger partial charge in [0.25, 0.3) is 0 Å². The predicted octanol–water partition coefficient (Wildman–Crippen LogP) is 1.13. The molecule has 1 aromatic carbocycles. The van der Waals surface area contributed by atoms with E-state index in [1.165, 1.54) is 12.5 Å². The first-order chi connectivity index (χ1) is 9.43. The number of aliphatic hydroxyl groups is 1. The molecule has 5 nitrogen and oxygen atoms in total. The summed E-state index contributed by atoms with van der Waals surface area (Å²) in [5, 5.41) is 20.5. The topological polar surface area (TPSA) is 86.6 Å². The van der Waals surface area contributed by atoms with Crippen molar-refractivity contribution in [2.45, 2.75) is 45.3 Å². The summed E-state index contributed by atoms with van der Waals surface area (Å²) in [6.07, 6.45) is 0.583. The van der Waals surface area contributed by atoms with Crippen molar-refractivity contribution in [1.29, 1.82) is 0 Å². The third kappa shape index (κ3) is 5.01. The van der Waals surface area contributed by atoms with Gasteiger partial charge in [0, 0.05) is 6.42 Å². The zero-order chi connectivity index (χ0) is 15.1. The Morgan fingerprint density at radius 1 is 1.20 bits per heavy atom. The molecule has 0 fully saturated rings. The monoisotopic (exact) mass is 279 g/mol. The Labute approximate surface area is 118 Å². The number of benzene rings is 1. The van der Waals surface area contributed by atoms with Gasteiger partial charge in [-0.05, 0) is 30.9 Å². The summed E-state index contributed by atoms with van der Waals surface area (Å²) in [6, 6.07) is 6.71. The maximum Gasteiger partial charge on any atom is 0.328 e. The molecule has 1 rings (SSSR count). The first-order valence-corrected chi connectivity index (χ1v) is 6.72. The molecule has 2 atom stereocenters. The van der Waals surface area contributed by atoms with Crippen molar-refractivity contribution in [2.75, 3.05) is 0 Å². The van der Waals surface area contributed by atoms with Gasteiger partial charge in [-0.15, -0.1) is 0 Å². The minimum atomic E-state index is -1.26. The summed E-state index contributed by atoms with van der Waals surface area (Å²) in [6.45, 7) is 3.41. The lowest BCUT2D eigenvalue weighted by Crippen LogP contribution is -2.47. The van der Waals surface area contributed by atoms with Crippen LogP contribution in [0.5, 0.6) is 0 Å². The molecule has 0 aromatic heterocycles. The van der Waals surface area contributed by atoms with Crippen LogP contribution in [0.15, 0.2) is 24.3 Å². The molecule has 0 saturated carbocycles. The molecule has 0 radical (unpaired) electrons. The van der Waals surface area contributed by atoms with Gasteiger partial charge in [-0.1, -0.05) is 31.2 Å². The number of hydrogen-bond donors (Lipinski definition) is 3. The Kier molecular flexibility index (Phi) is 6.18. The van der Waals surface area contributed by atoms with E-state index >= 15 is 0 Å². The van der Waals surface area contributed by atoms with Crippen molar-refractivity contribution >= 4 is 11.9 Å². The van der Waals surface area contributed by atoms with Crippen LogP contribution in [0.1, 0.15) is 31.4 Å². The zero-order valence-corrected chi connectivity index (χ0v) is 11.8. The van der Waals surface area contributed by atoms with Crippen molar-refractivity contribution in [2.24, 2.45) is 0 Å². The highest BCUT2D eigenvalue weighted by atomic mass is 16.4. The number of carboxylic acids is 1. The quantitative estimate of drug-likeness (QED) is 0.698. The number of nitrogens with one attached hydrogen (secondary N) is 1. The lowest BCUT2D eigenvalue weighted by Gasteiger charge is -2.16. The van der Waals surface area contributed by atoms with Gasteiger partial charge >= 0.3 is 5.97 Å². The molecule has 0 aliphatic carbocycles. The highest BCUT2D eigenvalue weighted by Crippen LogP contribution is 2.07. The molecule has 0 saturated heterocycles. The Balaban J connectivity index is 2.47. The number of aliphatic hydroxyl groups excluding tert-OH is 1. The number of aryl methyl sites for hydroxylation is 2. The lowest BCUT2D eigenvalue weighted by molar-refractivity contribution is -0.144. The van der Waals surface area contributed by atoms with Crippen LogP contribution in [0.4, 0.5) is 0 Å². The molecular formula is C15H21NO4. The molecule has 1 amide bonds. The van der Waals surface area contributed by atoms with E-state index in [0.717, 1.165) is 12.0 Å². The summed E-state index contributed by atoms with van der Waals surface area (Å²) < 4.78 is 0. The van der Waals surface area contributed by atoms with Crippen LogP contribution < -0.4 is 5.32 Å². The van der Waals surface area contributed by atoms with Crippen LogP contribution in [0.3, 0.4) is 0 Å². The molecule has 0 bridgehead atoms. The zero-order valence-electron chi connectivity index (χ0n) is 11.8. The van der Waals surface area contributed by atoms with Gasteiger partial charge in [0.1, 0.15) is 0 Å². The standard InChI is InChI=1S/C15H21NO4/c1-3-11-4-6-12(7-5-11)8-9-13(18)16-14(10(2)17)15(19)20/h4-7,10,14,17H,3,8-9H2,1-2H3,(H,16,18)(H,19,20)/t10-,14+/m1/s1. The second-order valence-corrected chi connectivity index (χ2v) is 4.79. The number of rotatable bonds is 7. The first kappa shape index (κ1) is 16.2. The molecule has 0 spiro atoms.